The summed E-state index contributed by atoms with van der Waals surface area (Å²) in [7, 11) is 0. The number of hydrogen-bond donors (Lipinski definition) is 1. The molecule has 1 aromatic rings. The summed E-state index contributed by atoms with van der Waals surface area (Å²) in [5, 5.41) is 0. The molecule has 0 heterocycles. The summed E-state index contributed by atoms with van der Waals surface area (Å²) in [4.78, 5) is 10.3. The van der Waals surface area contributed by atoms with E-state index in [9.17, 15) is 4.79 Å². The normalized spacial score (nSPS) is 14.0. The van der Waals surface area contributed by atoms with Crippen molar-refractivity contribution in [2.45, 2.75) is 13.0 Å². The van der Waals surface area contributed by atoms with Gasteiger partial charge in [-0.05, 0) is 5.56 Å². The van der Waals surface area contributed by atoms with Gasteiger partial charge < -0.3 is 10.5 Å². The second kappa shape index (κ2) is 6.41. The Bertz CT molecular complexity index is 250. The molecule has 2 atom stereocenters. The summed E-state index contributed by atoms with van der Waals surface area (Å²) in [6.45, 7) is 1.77. The van der Waals surface area contributed by atoms with Crippen LogP contribution < -0.4 is 5.73 Å². The molecule has 0 spiro atoms. The zero-order valence-electron chi connectivity index (χ0n) is 7.60. The quantitative estimate of drug-likeness (QED) is 0.826. The average Bonchev–Trinajstić information content (AvgIpc) is 2.17. The van der Waals surface area contributed by atoms with E-state index in [1.807, 2.05) is 36.6 Å². The Hall–Kier alpha value is -0.0461. The molecule has 0 aliphatic rings. The fourth-order valence-electron chi connectivity index (χ4n) is 1.04. The van der Waals surface area contributed by atoms with Crippen LogP contribution in [-0.4, -0.2) is 6.29 Å². The molecular formula is C10H12NOY+2. The van der Waals surface area contributed by atoms with Gasteiger partial charge in [-0.1, -0.05) is 37.3 Å². The average molecular weight is 251 g/mol. The number of carbonyl (C=O) groups excluding carboxylic acids is 1. The van der Waals surface area contributed by atoms with Crippen molar-refractivity contribution >= 4 is 6.29 Å². The zero-order valence-corrected chi connectivity index (χ0v) is 10.4. The number of rotatable bonds is 3. The topological polar surface area (TPSA) is 43.1 Å². The van der Waals surface area contributed by atoms with E-state index in [1.165, 1.54) is 0 Å². The van der Waals surface area contributed by atoms with Crippen molar-refractivity contribution in [1.82, 2.24) is 0 Å². The molecule has 0 aliphatic carbocycles. The van der Waals surface area contributed by atoms with Crippen molar-refractivity contribution < 1.29 is 37.5 Å². The summed E-state index contributed by atoms with van der Waals surface area (Å²) in [6.07, 6.45) is 1.89. The molecule has 1 aromatic carbocycles. The summed E-state index contributed by atoms with van der Waals surface area (Å²) in [6, 6.07) is 9.34. The van der Waals surface area contributed by atoms with Crippen LogP contribution in [0.15, 0.2) is 30.3 Å². The van der Waals surface area contributed by atoms with Gasteiger partial charge >= 0.3 is 32.7 Å². The summed E-state index contributed by atoms with van der Waals surface area (Å²) < 4.78 is 0. The van der Waals surface area contributed by atoms with Crippen LogP contribution in [0, 0.1) is 5.92 Å². The monoisotopic (exact) mass is 251 g/mol. The fourth-order valence-corrected chi connectivity index (χ4v) is 1.04. The Labute approximate surface area is 104 Å². The van der Waals surface area contributed by atoms with Gasteiger partial charge in [-0.25, -0.2) is 0 Å². The Morgan fingerprint density at radius 1 is 1.31 bits per heavy atom. The molecule has 0 fully saturated rings. The fraction of sp³-hybridized carbons (Fsp3) is 0.300. The van der Waals surface area contributed by atoms with Crippen LogP contribution in [-0.2, 0) is 37.5 Å². The third-order valence-corrected chi connectivity index (χ3v) is 1.91. The van der Waals surface area contributed by atoms with Crippen molar-refractivity contribution in [2.75, 3.05) is 0 Å². The van der Waals surface area contributed by atoms with E-state index in [1.54, 1.807) is 6.92 Å². The number of nitrogens with two attached hydrogens (primary N) is 1. The molecule has 13 heavy (non-hydrogen) atoms. The van der Waals surface area contributed by atoms with Crippen LogP contribution in [0.3, 0.4) is 0 Å². The van der Waals surface area contributed by atoms with Crippen molar-refractivity contribution in [3.63, 3.8) is 0 Å². The molecule has 64 valence electrons. The van der Waals surface area contributed by atoms with Crippen molar-refractivity contribution in [3.05, 3.63) is 35.9 Å². The minimum absolute atomic E-state index is 0. The Morgan fingerprint density at radius 3 is 2.31 bits per heavy atom. The first-order valence-corrected chi connectivity index (χ1v) is 3.94. The first-order valence-electron chi connectivity index (χ1n) is 3.94. The summed E-state index contributed by atoms with van der Waals surface area (Å²) in [5.74, 6) is -0.243. The summed E-state index contributed by atoms with van der Waals surface area (Å²) >= 11 is 0. The second-order valence-electron chi connectivity index (χ2n) is 2.84. The largest absolute Gasteiger partial charge is 3.00 e. The molecular weight excluding hydrogens is 239 g/mol. The van der Waals surface area contributed by atoms with Crippen molar-refractivity contribution in [3.8, 4) is 0 Å². The van der Waals surface area contributed by atoms with Gasteiger partial charge in [-0.15, -0.1) is 5.92 Å². The molecule has 1 rings (SSSR count). The SMILES string of the molecule is CC([C-]=O)C(N)c1ccccc1.[Y+3]. The predicted octanol–water partition coefficient (Wildman–Crippen LogP) is 1.43. The van der Waals surface area contributed by atoms with E-state index in [0.717, 1.165) is 5.56 Å². The second-order valence-corrected chi connectivity index (χ2v) is 2.84. The molecule has 0 amide bonds. The first kappa shape index (κ1) is 13.0. The van der Waals surface area contributed by atoms with Gasteiger partial charge in [0, 0.05) is 6.04 Å². The zero-order chi connectivity index (χ0) is 8.97. The van der Waals surface area contributed by atoms with Crippen LogP contribution >= 0.6 is 0 Å². The summed E-state index contributed by atoms with van der Waals surface area (Å²) in [5.41, 5.74) is 6.77. The van der Waals surface area contributed by atoms with Crippen LogP contribution in [0.2, 0.25) is 0 Å². The van der Waals surface area contributed by atoms with Gasteiger partial charge in [0.25, 0.3) is 0 Å². The molecule has 0 aliphatic heterocycles. The van der Waals surface area contributed by atoms with E-state index in [4.69, 9.17) is 5.73 Å². The van der Waals surface area contributed by atoms with Gasteiger partial charge in [0.15, 0.2) is 0 Å². The van der Waals surface area contributed by atoms with Crippen LogP contribution in [0.4, 0.5) is 0 Å². The van der Waals surface area contributed by atoms with Gasteiger partial charge in [0.1, 0.15) is 0 Å². The maximum Gasteiger partial charge on any atom is 3.00 e. The molecule has 2 nitrogen and oxygen atoms in total. The molecule has 2 unspecified atom stereocenters. The Balaban J connectivity index is 0.00000144. The molecule has 0 aromatic heterocycles. The van der Waals surface area contributed by atoms with E-state index in [2.05, 4.69) is 0 Å². The van der Waals surface area contributed by atoms with Crippen LogP contribution in [0.5, 0.6) is 0 Å². The van der Waals surface area contributed by atoms with E-state index < -0.39 is 0 Å². The van der Waals surface area contributed by atoms with E-state index in [-0.39, 0.29) is 44.7 Å². The maximum absolute atomic E-state index is 10.3. The van der Waals surface area contributed by atoms with Gasteiger partial charge in [0.2, 0.25) is 0 Å². The van der Waals surface area contributed by atoms with E-state index in [0.29, 0.717) is 0 Å². The third kappa shape index (κ3) is 3.67. The third-order valence-electron chi connectivity index (χ3n) is 1.91. The number of hydrogen-bond acceptors (Lipinski definition) is 2. The molecule has 0 saturated heterocycles. The Kier molecular flexibility index (Phi) is 6.39. The maximum atomic E-state index is 10.3. The predicted molar refractivity (Wildman–Crippen MR) is 48.2 cm³/mol. The standard InChI is InChI=1S/C10H12NO.Y/c1-8(7-12)10(11)9-5-3-2-4-6-9;/h2-6,8,10H,11H2,1H3;/q-1;+3. The van der Waals surface area contributed by atoms with Gasteiger partial charge in [-0.3, -0.25) is 6.29 Å². The molecule has 0 bridgehead atoms. The van der Waals surface area contributed by atoms with Crippen LogP contribution in [0.1, 0.15) is 18.5 Å². The number of benzene rings is 1. The molecule has 0 saturated carbocycles. The Morgan fingerprint density at radius 2 is 1.85 bits per heavy atom. The van der Waals surface area contributed by atoms with Crippen molar-refractivity contribution in [1.29, 1.82) is 0 Å². The van der Waals surface area contributed by atoms with Gasteiger partial charge in [0.05, 0.1) is 0 Å². The molecule has 2 N–H and O–H groups in total. The molecule has 0 radical (unpaired) electrons. The minimum atomic E-state index is -0.243. The minimum Gasteiger partial charge on any atom is -0.541 e. The van der Waals surface area contributed by atoms with Gasteiger partial charge in [-0.2, -0.15) is 0 Å². The first-order chi connectivity index (χ1) is 5.75. The molecule has 3 heteroatoms. The van der Waals surface area contributed by atoms with E-state index >= 15 is 0 Å². The van der Waals surface area contributed by atoms with Crippen molar-refractivity contribution in [2.24, 2.45) is 11.7 Å². The smallest absolute Gasteiger partial charge is 0.541 e. The van der Waals surface area contributed by atoms with Crippen LogP contribution in [0.25, 0.3) is 0 Å².